The zero-order valence-corrected chi connectivity index (χ0v) is 15.6. The molecule has 1 aromatic carbocycles. The molecule has 1 atom stereocenters. The number of anilines is 1. The summed E-state index contributed by atoms with van der Waals surface area (Å²) in [5.74, 6) is -0.711. The third kappa shape index (κ3) is 4.02. The van der Waals surface area contributed by atoms with E-state index in [1.54, 1.807) is 18.2 Å². The number of carbonyl (C=O) groups is 1. The first-order chi connectivity index (χ1) is 14.0. The van der Waals surface area contributed by atoms with E-state index >= 15 is 0 Å². The number of aromatic nitrogens is 2. The van der Waals surface area contributed by atoms with Gasteiger partial charge in [0.2, 0.25) is 11.7 Å². The van der Waals surface area contributed by atoms with E-state index in [0.29, 0.717) is 48.0 Å². The molecule has 0 radical (unpaired) electrons. The van der Waals surface area contributed by atoms with Crippen molar-refractivity contribution in [2.24, 2.45) is 0 Å². The fourth-order valence-electron chi connectivity index (χ4n) is 3.30. The summed E-state index contributed by atoms with van der Waals surface area (Å²) in [6, 6.07) is 4.87. The minimum atomic E-state index is -1.15. The Kier molecular flexibility index (Phi) is 5.34. The average Bonchev–Trinajstić information content (AvgIpc) is 3.13. The number of hydrogen-bond donors (Lipinski definition) is 1. The van der Waals surface area contributed by atoms with Gasteiger partial charge in [0.1, 0.15) is 12.8 Å². The van der Waals surface area contributed by atoms with Gasteiger partial charge in [-0.1, -0.05) is 0 Å². The van der Waals surface area contributed by atoms with Gasteiger partial charge in [0, 0.05) is 24.8 Å². The van der Waals surface area contributed by atoms with Crippen molar-refractivity contribution in [3.8, 4) is 11.5 Å². The minimum Gasteiger partial charge on any atom is -0.490 e. The van der Waals surface area contributed by atoms with Crippen molar-refractivity contribution >= 4 is 11.6 Å². The highest BCUT2D eigenvalue weighted by Crippen LogP contribution is 2.32. The molecular formula is C19H20FN3O6. The fraction of sp³-hybridized carbons (Fsp3) is 0.421. The van der Waals surface area contributed by atoms with Crippen LogP contribution in [0.15, 0.2) is 34.0 Å². The fourth-order valence-corrected chi connectivity index (χ4v) is 3.30. The summed E-state index contributed by atoms with van der Waals surface area (Å²) in [7, 11) is 0. The molecule has 1 N–H and O–H groups in total. The van der Waals surface area contributed by atoms with E-state index in [2.05, 4.69) is 5.32 Å². The quantitative estimate of drug-likeness (QED) is 0.822. The zero-order valence-electron chi connectivity index (χ0n) is 15.6. The van der Waals surface area contributed by atoms with Crippen molar-refractivity contribution in [3.63, 3.8) is 0 Å². The van der Waals surface area contributed by atoms with Gasteiger partial charge in [-0.3, -0.25) is 14.2 Å². The smallest absolute Gasteiger partial charge is 0.333 e. The van der Waals surface area contributed by atoms with E-state index in [-0.39, 0.29) is 0 Å². The molecule has 0 aliphatic carbocycles. The van der Waals surface area contributed by atoms with Gasteiger partial charge in [-0.25, -0.2) is 9.36 Å². The van der Waals surface area contributed by atoms with Crippen LogP contribution < -0.4 is 26.0 Å². The van der Waals surface area contributed by atoms with Crippen LogP contribution in [0.4, 0.5) is 10.1 Å². The normalized spacial score (nSPS) is 18.3. The summed E-state index contributed by atoms with van der Waals surface area (Å²) in [6.07, 6.45) is 2.19. The first-order valence-electron chi connectivity index (χ1n) is 9.35. The van der Waals surface area contributed by atoms with Crippen molar-refractivity contribution in [3.05, 3.63) is 51.1 Å². The Morgan fingerprint density at radius 2 is 1.93 bits per heavy atom. The summed E-state index contributed by atoms with van der Waals surface area (Å²) >= 11 is 0. The summed E-state index contributed by atoms with van der Waals surface area (Å²) in [5.41, 5.74) is -1.54. The number of fused-ring (bicyclic) bond motifs is 1. The van der Waals surface area contributed by atoms with Gasteiger partial charge >= 0.3 is 5.69 Å². The largest absolute Gasteiger partial charge is 0.490 e. The molecule has 1 fully saturated rings. The lowest BCUT2D eigenvalue weighted by molar-refractivity contribution is -0.116. The van der Waals surface area contributed by atoms with Crippen molar-refractivity contribution in [2.45, 2.75) is 32.0 Å². The van der Waals surface area contributed by atoms with Crippen molar-refractivity contribution in [1.29, 1.82) is 0 Å². The summed E-state index contributed by atoms with van der Waals surface area (Å²) in [6.45, 7) is 0.850. The topological polar surface area (TPSA) is 101 Å². The van der Waals surface area contributed by atoms with Crippen LogP contribution in [-0.4, -0.2) is 34.9 Å². The monoisotopic (exact) mass is 405 g/mol. The molecule has 1 aromatic heterocycles. The van der Waals surface area contributed by atoms with Gasteiger partial charge in [0.05, 0.1) is 19.4 Å². The maximum Gasteiger partial charge on any atom is 0.333 e. The minimum absolute atomic E-state index is 0.406. The standard InChI is InChI=1S/C19H20FN3O6/c20-13-10-22(17-3-1-6-29-17)19(26)23(18(13)25)11-16(24)21-12-4-5-14-15(9-12)28-8-2-7-27-14/h4-5,9-10,17H,1-3,6-8,11H2,(H,21,24)/t17-/m0/s1. The maximum atomic E-state index is 14.1. The van der Waals surface area contributed by atoms with Gasteiger partial charge in [-0.15, -0.1) is 0 Å². The number of hydrogen-bond acceptors (Lipinski definition) is 6. The molecule has 3 heterocycles. The van der Waals surface area contributed by atoms with E-state index in [1.165, 1.54) is 0 Å². The van der Waals surface area contributed by atoms with E-state index in [9.17, 15) is 18.8 Å². The van der Waals surface area contributed by atoms with Crippen molar-refractivity contribution < 1.29 is 23.4 Å². The third-order valence-electron chi connectivity index (χ3n) is 4.70. The molecule has 2 aliphatic heterocycles. The Morgan fingerprint density at radius 1 is 1.14 bits per heavy atom. The molecular weight excluding hydrogens is 385 g/mol. The Morgan fingerprint density at radius 3 is 2.69 bits per heavy atom. The number of nitrogens with zero attached hydrogens (tertiary/aromatic N) is 2. The summed E-state index contributed by atoms with van der Waals surface area (Å²) < 4.78 is 32.1. The van der Waals surface area contributed by atoms with Gasteiger partial charge in [0.25, 0.3) is 5.56 Å². The first-order valence-corrected chi connectivity index (χ1v) is 9.35. The van der Waals surface area contributed by atoms with E-state index in [1.807, 2.05) is 0 Å². The number of rotatable bonds is 4. The predicted molar refractivity (Wildman–Crippen MR) is 99.8 cm³/mol. The second-order valence-electron chi connectivity index (χ2n) is 6.79. The van der Waals surface area contributed by atoms with Gasteiger partial charge in [-0.05, 0) is 25.0 Å². The van der Waals surface area contributed by atoms with Crippen LogP contribution in [-0.2, 0) is 16.1 Å². The highest BCUT2D eigenvalue weighted by atomic mass is 19.1. The number of benzene rings is 1. The van der Waals surface area contributed by atoms with Gasteiger partial charge in [0.15, 0.2) is 11.5 Å². The molecule has 154 valence electrons. The third-order valence-corrected chi connectivity index (χ3v) is 4.70. The van der Waals surface area contributed by atoms with Crippen LogP contribution in [0, 0.1) is 5.82 Å². The Labute approximate surface area is 164 Å². The molecule has 10 heteroatoms. The summed E-state index contributed by atoms with van der Waals surface area (Å²) in [5, 5.41) is 2.59. The summed E-state index contributed by atoms with van der Waals surface area (Å²) in [4.78, 5) is 37.1. The number of carbonyl (C=O) groups excluding carboxylic acids is 1. The second-order valence-corrected chi connectivity index (χ2v) is 6.79. The Balaban J connectivity index is 1.55. The first kappa shape index (κ1) is 19.2. The molecule has 2 aromatic rings. The molecule has 0 unspecified atom stereocenters. The van der Waals surface area contributed by atoms with Crippen LogP contribution in [0.25, 0.3) is 0 Å². The highest BCUT2D eigenvalue weighted by Gasteiger charge is 2.23. The molecule has 0 bridgehead atoms. The molecule has 9 nitrogen and oxygen atoms in total. The zero-order chi connectivity index (χ0) is 20.4. The van der Waals surface area contributed by atoms with E-state index in [4.69, 9.17) is 14.2 Å². The Bertz CT molecular complexity index is 1040. The molecule has 4 rings (SSSR count). The van der Waals surface area contributed by atoms with Crippen molar-refractivity contribution in [1.82, 2.24) is 9.13 Å². The van der Waals surface area contributed by atoms with Gasteiger partial charge < -0.3 is 19.5 Å². The number of nitrogens with one attached hydrogen (secondary N) is 1. The van der Waals surface area contributed by atoms with Crippen LogP contribution in [0.2, 0.25) is 0 Å². The molecule has 0 spiro atoms. The highest BCUT2D eigenvalue weighted by molar-refractivity contribution is 5.90. The van der Waals surface area contributed by atoms with E-state index < -0.39 is 35.7 Å². The van der Waals surface area contributed by atoms with Crippen LogP contribution in [0.1, 0.15) is 25.5 Å². The van der Waals surface area contributed by atoms with Crippen LogP contribution >= 0.6 is 0 Å². The SMILES string of the molecule is O=C(Cn1c(=O)c(F)cn([C@@H]2CCCO2)c1=O)Nc1ccc2c(c1)OCCCO2. The lowest BCUT2D eigenvalue weighted by atomic mass is 10.2. The lowest BCUT2D eigenvalue weighted by Gasteiger charge is -2.15. The van der Waals surface area contributed by atoms with Gasteiger partial charge in [-0.2, -0.15) is 4.39 Å². The van der Waals surface area contributed by atoms with Crippen LogP contribution in [0.3, 0.4) is 0 Å². The van der Waals surface area contributed by atoms with Crippen molar-refractivity contribution in [2.75, 3.05) is 25.1 Å². The average molecular weight is 405 g/mol. The predicted octanol–water partition coefficient (Wildman–Crippen LogP) is 1.26. The number of amides is 1. The molecule has 1 saturated heterocycles. The molecule has 2 aliphatic rings. The number of ether oxygens (including phenoxy) is 3. The molecule has 29 heavy (non-hydrogen) atoms. The molecule has 0 saturated carbocycles. The van der Waals surface area contributed by atoms with E-state index in [0.717, 1.165) is 23.6 Å². The Hall–Kier alpha value is -3.14. The number of halogens is 1. The lowest BCUT2D eigenvalue weighted by Crippen LogP contribution is -2.44. The van der Waals surface area contributed by atoms with Crippen LogP contribution in [0.5, 0.6) is 11.5 Å². The molecule has 1 amide bonds. The second kappa shape index (κ2) is 8.08. The maximum absolute atomic E-state index is 14.1.